The van der Waals surface area contributed by atoms with Gasteiger partial charge in [0.1, 0.15) is 34.7 Å². The molecule has 0 aliphatic heterocycles. The summed E-state index contributed by atoms with van der Waals surface area (Å²) in [5, 5.41) is 11.3. The number of phenolic OH excluding ortho intramolecular Hbond substituents is 1. The Hall–Kier alpha value is -7.74. The van der Waals surface area contributed by atoms with Gasteiger partial charge in [0.15, 0.2) is 0 Å². The highest BCUT2D eigenvalue weighted by Crippen LogP contribution is 2.43. The van der Waals surface area contributed by atoms with Gasteiger partial charge >= 0.3 is 0 Å². The van der Waals surface area contributed by atoms with Gasteiger partial charge in [-0.05, 0) is 116 Å². The number of ether oxygens (including phenoxy) is 2. The summed E-state index contributed by atoms with van der Waals surface area (Å²) >= 11 is 0. The van der Waals surface area contributed by atoms with Crippen molar-refractivity contribution in [2.45, 2.75) is 12.8 Å². The molecule has 0 atom stereocenters. The minimum atomic E-state index is -1.53. The van der Waals surface area contributed by atoms with Gasteiger partial charge in [-0.3, -0.25) is 14.7 Å². The summed E-state index contributed by atoms with van der Waals surface area (Å²) in [5.74, 6) is 3.69. The highest BCUT2D eigenvalue weighted by Gasteiger charge is 2.28. The van der Waals surface area contributed by atoms with Gasteiger partial charge in [0, 0.05) is 25.0 Å². The number of phenols is 1. The molecule has 9 nitrogen and oxygen atoms in total. The van der Waals surface area contributed by atoms with Crippen LogP contribution in [0.4, 0.5) is 45.9 Å². The van der Waals surface area contributed by atoms with Crippen LogP contribution in [-0.2, 0) is 0 Å². The summed E-state index contributed by atoms with van der Waals surface area (Å²) in [4.78, 5) is 22.8. The molecule has 0 amide bonds. The molecule has 8 aromatic rings. The Balaban J connectivity index is 1.25. The lowest BCUT2D eigenvalue weighted by Crippen LogP contribution is -2.29. The SMILES string of the molecule is COc1ccccc1N(c1ccccc1)c1cccc(P(c2cccc(N(C3=CC=CCC3)c3ccccc3O)n2)c2cccc(N(c3ccccc3)c3ccccc3OC)n2)n1. The molecule has 1 aliphatic rings. The van der Waals surface area contributed by atoms with Crippen LogP contribution in [0.3, 0.4) is 0 Å². The highest BCUT2D eigenvalue weighted by atomic mass is 31.1. The van der Waals surface area contributed by atoms with Crippen LogP contribution in [0.1, 0.15) is 12.8 Å². The molecule has 1 N–H and O–H groups in total. The van der Waals surface area contributed by atoms with Crippen LogP contribution >= 0.6 is 7.92 Å². The predicted molar refractivity (Wildman–Crippen MR) is 258 cm³/mol. The van der Waals surface area contributed by atoms with Gasteiger partial charge in [-0.15, -0.1) is 0 Å². The normalized spacial score (nSPS) is 12.1. The number of rotatable bonds is 14. The molecule has 0 fully saturated rings. The first kappa shape index (κ1) is 40.7. The summed E-state index contributed by atoms with van der Waals surface area (Å²) in [7, 11) is 1.84. The van der Waals surface area contributed by atoms with Crippen molar-refractivity contribution < 1.29 is 14.6 Å². The fourth-order valence-corrected chi connectivity index (χ4v) is 9.78. The van der Waals surface area contributed by atoms with Gasteiger partial charge < -0.3 is 14.6 Å². The summed E-state index contributed by atoms with van der Waals surface area (Å²) in [5.41, 5.74) is 7.62. The smallest absolute Gasteiger partial charge is 0.142 e. The van der Waals surface area contributed by atoms with Crippen LogP contribution in [0.2, 0.25) is 0 Å². The number of methoxy groups -OCH3 is 2. The zero-order valence-corrected chi connectivity index (χ0v) is 35.8. The lowest BCUT2D eigenvalue weighted by atomic mass is 10.1. The number of pyridine rings is 3. The molecule has 3 aromatic heterocycles. The molecule has 0 saturated heterocycles. The Labute approximate surface area is 369 Å². The Morgan fingerprint density at radius 3 is 1.33 bits per heavy atom. The average Bonchev–Trinajstić information content (AvgIpc) is 3.34. The fourth-order valence-electron chi connectivity index (χ4n) is 7.76. The van der Waals surface area contributed by atoms with Crippen molar-refractivity contribution in [3.8, 4) is 17.2 Å². The molecule has 0 bridgehead atoms. The molecular formula is C53H45N6O3P. The second-order valence-electron chi connectivity index (χ2n) is 14.5. The van der Waals surface area contributed by atoms with Gasteiger partial charge in [0.05, 0.1) is 47.6 Å². The number of nitrogens with zero attached hydrogens (tertiary/aromatic N) is 6. The van der Waals surface area contributed by atoms with Crippen molar-refractivity contribution in [3.63, 3.8) is 0 Å². The van der Waals surface area contributed by atoms with Crippen molar-refractivity contribution in [3.05, 3.63) is 212 Å². The lowest BCUT2D eigenvalue weighted by molar-refractivity contribution is 0.416. The molecule has 1 aliphatic carbocycles. The number of aromatic hydroxyl groups is 1. The van der Waals surface area contributed by atoms with Crippen LogP contribution in [0.25, 0.3) is 0 Å². The molecule has 310 valence electrons. The zero-order valence-electron chi connectivity index (χ0n) is 34.9. The van der Waals surface area contributed by atoms with Crippen LogP contribution in [0.5, 0.6) is 17.2 Å². The van der Waals surface area contributed by atoms with Crippen molar-refractivity contribution in [1.82, 2.24) is 15.0 Å². The third-order valence-electron chi connectivity index (χ3n) is 10.6. The topological polar surface area (TPSA) is 87.1 Å². The number of hydrogen-bond donors (Lipinski definition) is 1. The highest BCUT2D eigenvalue weighted by molar-refractivity contribution is 7.79. The van der Waals surface area contributed by atoms with Crippen LogP contribution in [0.15, 0.2) is 212 Å². The van der Waals surface area contributed by atoms with E-state index in [4.69, 9.17) is 24.4 Å². The van der Waals surface area contributed by atoms with E-state index in [0.717, 1.165) is 57.6 Å². The number of aromatic nitrogens is 3. The molecule has 3 heterocycles. The Bertz CT molecular complexity index is 2760. The maximum absolute atomic E-state index is 11.3. The average molecular weight is 845 g/mol. The quantitative estimate of drug-likeness (QED) is 0.108. The second kappa shape index (κ2) is 18.9. The molecule has 63 heavy (non-hydrogen) atoms. The summed E-state index contributed by atoms with van der Waals surface area (Å²) < 4.78 is 11.8. The third-order valence-corrected chi connectivity index (χ3v) is 12.7. The standard InChI is InChI=1S/C53H45N6O3P/c1-61-46-31-16-13-28-43(46)58(40-23-8-4-9-24-40)49-34-19-37-52(55-49)63(51-36-18-33-48(54-51)57(39-21-6-3-7-22-39)42-27-12-15-30-45(42)60)53-38-20-35-50(56-53)59(41-25-10-5-11-26-41)44-29-14-17-32-47(44)62-2/h3-6,8-21,23-38,60H,7,22H2,1-2H3. The fraction of sp³-hybridized carbons (Fsp3) is 0.0755. The van der Waals surface area contributed by atoms with E-state index in [0.29, 0.717) is 34.6 Å². The summed E-state index contributed by atoms with van der Waals surface area (Å²) in [6.07, 6.45) is 7.97. The number of allylic oxidation sites excluding steroid dienone is 4. The maximum Gasteiger partial charge on any atom is 0.142 e. The van der Waals surface area contributed by atoms with E-state index in [1.54, 1.807) is 20.3 Å². The van der Waals surface area contributed by atoms with E-state index < -0.39 is 7.92 Å². The lowest BCUT2D eigenvalue weighted by Gasteiger charge is -2.30. The molecular weight excluding hydrogens is 800 g/mol. The molecule has 0 spiro atoms. The van der Waals surface area contributed by atoms with Gasteiger partial charge in [-0.2, -0.15) is 0 Å². The number of anilines is 8. The Kier molecular flexibility index (Phi) is 12.2. The predicted octanol–water partition coefficient (Wildman–Crippen LogP) is 11.7. The molecule has 0 radical (unpaired) electrons. The van der Waals surface area contributed by atoms with Crippen molar-refractivity contribution in [2.24, 2.45) is 0 Å². The Morgan fingerprint density at radius 2 is 0.889 bits per heavy atom. The van der Waals surface area contributed by atoms with Crippen molar-refractivity contribution in [2.75, 3.05) is 28.9 Å². The third kappa shape index (κ3) is 8.60. The molecule has 5 aromatic carbocycles. The molecule has 10 heteroatoms. The Morgan fingerprint density at radius 1 is 0.460 bits per heavy atom. The first-order chi connectivity index (χ1) is 31.1. The van der Waals surface area contributed by atoms with E-state index >= 15 is 0 Å². The minimum absolute atomic E-state index is 0.167. The van der Waals surface area contributed by atoms with E-state index in [1.165, 1.54) is 0 Å². The van der Waals surface area contributed by atoms with Crippen LogP contribution in [-0.4, -0.2) is 34.3 Å². The summed E-state index contributed by atoms with van der Waals surface area (Å²) in [6.45, 7) is 0. The van der Waals surface area contributed by atoms with Gasteiger partial charge in [0.25, 0.3) is 0 Å². The molecule has 9 rings (SSSR count). The first-order valence-electron chi connectivity index (χ1n) is 20.7. The zero-order chi connectivity index (χ0) is 43.0. The minimum Gasteiger partial charge on any atom is -0.506 e. The monoisotopic (exact) mass is 844 g/mol. The van der Waals surface area contributed by atoms with Gasteiger partial charge in [-0.1, -0.05) is 103 Å². The number of para-hydroxylation sites is 8. The van der Waals surface area contributed by atoms with Crippen LogP contribution < -0.4 is 40.5 Å². The van der Waals surface area contributed by atoms with Gasteiger partial charge in [-0.25, -0.2) is 15.0 Å². The molecule has 0 saturated carbocycles. The van der Waals surface area contributed by atoms with Crippen molar-refractivity contribution >= 4 is 70.1 Å². The van der Waals surface area contributed by atoms with Gasteiger partial charge in [0.2, 0.25) is 0 Å². The van der Waals surface area contributed by atoms with E-state index in [2.05, 4.69) is 75.4 Å². The second-order valence-corrected chi connectivity index (χ2v) is 16.6. The maximum atomic E-state index is 11.3. The number of benzene rings is 5. The van der Waals surface area contributed by atoms with Crippen LogP contribution in [0, 0.1) is 0 Å². The van der Waals surface area contributed by atoms with E-state index in [-0.39, 0.29) is 5.75 Å². The van der Waals surface area contributed by atoms with Crippen molar-refractivity contribution in [1.29, 1.82) is 0 Å². The first-order valence-corrected chi connectivity index (χ1v) is 22.1. The van der Waals surface area contributed by atoms with E-state index in [1.807, 2.05) is 140 Å². The van der Waals surface area contributed by atoms with E-state index in [9.17, 15) is 5.11 Å². The summed E-state index contributed by atoms with van der Waals surface area (Å²) in [6, 6.07) is 62.0. The number of hydrogen-bond acceptors (Lipinski definition) is 9. The largest absolute Gasteiger partial charge is 0.506 e. The molecule has 0 unspecified atom stereocenters.